The number of hydrogen-bond donors (Lipinski definition) is 0. The standard InChI is InChI=1S/C15H8Cl2FNO2/c16-9-4-5-10(12(17)6-9)14(20)8-21-15-3-1-2-13(18)11(15)7-19/h1-6H,8H2. The summed E-state index contributed by atoms with van der Waals surface area (Å²) in [5, 5.41) is 9.48. The van der Waals surface area contributed by atoms with Crippen LogP contribution in [0, 0.1) is 17.1 Å². The lowest BCUT2D eigenvalue weighted by atomic mass is 10.1. The number of hydrogen-bond acceptors (Lipinski definition) is 3. The van der Waals surface area contributed by atoms with Gasteiger partial charge in [-0.3, -0.25) is 4.79 Å². The summed E-state index contributed by atoms with van der Waals surface area (Å²) in [6, 6.07) is 10.1. The van der Waals surface area contributed by atoms with E-state index < -0.39 is 11.6 Å². The van der Waals surface area contributed by atoms with Gasteiger partial charge >= 0.3 is 0 Å². The van der Waals surface area contributed by atoms with Crippen molar-refractivity contribution in [3.05, 3.63) is 63.4 Å². The van der Waals surface area contributed by atoms with E-state index >= 15 is 0 Å². The average molecular weight is 324 g/mol. The van der Waals surface area contributed by atoms with Gasteiger partial charge in [0, 0.05) is 10.6 Å². The second-order valence-corrected chi connectivity index (χ2v) is 4.90. The van der Waals surface area contributed by atoms with Crippen LogP contribution in [0.15, 0.2) is 36.4 Å². The van der Waals surface area contributed by atoms with Crippen LogP contribution < -0.4 is 4.74 Å². The first-order chi connectivity index (χ1) is 10.0. The van der Waals surface area contributed by atoms with Crippen molar-refractivity contribution in [1.29, 1.82) is 5.26 Å². The van der Waals surface area contributed by atoms with Gasteiger partial charge in [-0.05, 0) is 30.3 Å². The van der Waals surface area contributed by atoms with Crippen molar-refractivity contribution in [3.63, 3.8) is 0 Å². The minimum Gasteiger partial charge on any atom is -0.484 e. The maximum atomic E-state index is 13.4. The van der Waals surface area contributed by atoms with E-state index in [0.717, 1.165) is 6.07 Å². The van der Waals surface area contributed by atoms with Crippen molar-refractivity contribution >= 4 is 29.0 Å². The maximum Gasteiger partial charge on any atom is 0.201 e. The fourth-order valence-corrected chi connectivity index (χ4v) is 2.18. The highest BCUT2D eigenvalue weighted by molar-refractivity contribution is 6.36. The highest BCUT2D eigenvalue weighted by atomic mass is 35.5. The molecule has 0 aliphatic carbocycles. The molecule has 0 heterocycles. The van der Waals surface area contributed by atoms with Crippen molar-refractivity contribution in [1.82, 2.24) is 0 Å². The van der Waals surface area contributed by atoms with Crippen LogP contribution in [0.2, 0.25) is 10.0 Å². The molecule has 0 saturated heterocycles. The number of carbonyl (C=O) groups is 1. The van der Waals surface area contributed by atoms with Gasteiger partial charge < -0.3 is 4.74 Å². The van der Waals surface area contributed by atoms with Crippen molar-refractivity contribution in [3.8, 4) is 11.8 Å². The van der Waals surface area contributed by atoms with Gasteiger partial charge in [-0.25, -0.2) is 4.39 Å². The van der Waals surface area contributed by atoms with E-state index in [1.54, 1.807) is 6.07 Å². The van der Waals surface area contributed by atoms with Gasteiger partial charge in [0.25, 0.3) is 0 Å². The monoisotopic (exact) mass is 323 g/mol. The predicted octanol–water partition coefficient (Wildman–Crippen LogP) is 4.27. The minimum atomic E-state index is -0.702. The molecule has 0 fully saturated rings. The summed E-state index contributed by atoms with van der Waals surface area (Å²) in [7, 11) is 0. The lowest BCUT2D eigenvalue weighted by molar-refractivity contribution is 0.0921. The number of halogens is 3. The molecule has 0 bridgehead atoms. The molecule has 0 aliphatic rings. The van der Waals surface area contributed by atoms with E-state index in [1.807, 2.05) is 0 Å². The molecule has 0 amide bonds. The molecule has 0 aromatic heterocycles. The number of ether oxygens (including phenoxy) is 1. The molecule has 6 heteroatoms. The number of benzene rings is 2. The first-order valence-electron chi connectivity index (χ1n) is 5.82. The lowest BCUT2D eigenvalue weighted by Crippen LogP contribution is -2.13. The zero-order valence-electron chi connectivity index (χ0n) is 10.6. The van der Waals surface area contributed by atoms with Gasteiger partial charge in [-0.15, -0.1) is 0 Å². The Morgan fingerprint density at radius 2 is 2.05 bits per heavy atom. The average Bonchev–Trinajstić information content (AvgIpc) is 2.44. The highest BCUT2D eigenvalue weighted by Crippen LogP contribution is 2.23. The SMILES string of the molecule is N#Cc1c(F)cccc1OCC(=O)c1ccc(Cl)cc1Cl. The third-order valence-electron chi connectivity index (χ3n) is 2.68. The van der Waals surface area contributed by atoms with Gasteiger partial charge in [0.05, 0.1) is 5.02 Å². The Morgan fingerprint density at radius 3 is 2.71 bits per heavy atom. The number of nitrogens with zero attached hydrogens (tertiary/aromatic N) is 1. The van der Waals surface area contributed by atoms with Crippen LogP contribution in [0.5, 0.6) is 5.75 Å². The van der Waals surface area contributed by atoms with E-state index in [9.17, 15) is 9.18 Å². The largest absolute Gasteiger partial charge is 0.484 e. The summed E-state index contributed by atoms with van der Waals surface area (Å²) in [5.74, 6) is -1.09. The van der Waals surface area contributed by atoms with Crippen molar-refractivity contribution < 1.29 is 13.9 Å². The Labute approximate surface area is 130 Å². The smallest absolute Gasteiger partial charge is 0.201 e. The Balaban J connectivity index is 2.15. The van der Waals surface area contributed by atoms with Crippen molar-refractivity contribution in [2.75, 3.05) is 6.61 Å². The molecule has 21 heavy (non-hydrogen) atoms. The van der Waals surface area contributed by atoms with Crippen LogP contribution in [-0.2, 0) is 0 Å². The minimum absolute atomic E-state index is 0.0101. The van der Waals surface area contributed by atoms with E-state index in [0.29, 0.717) is 5.02 Å². The Bertz CT molecular complexity index is 741. The first kappa shape index (κ1) is 15.3. The molecule has 3 nitrogen and oxygen atoms in total. The molecule has 2 rings (SSSR count). The van der Waals surface area contributed by atoms with Crippen LogP contribution in [0.4, 0.5) is 4.39 Å². The molecule has 0 saturated carbocycles. The molecule has 0 atom stereocenters. The molecule has 0 radical (unpaired) electrons. The number of rotatable bonds is 4. The first-order valence-corrected chi connectivity index (χ1v) is 6.58. The fourth-order valence-electron chi connectivity index (χ4n) is 1.67. The van der Waals surface area contributed by atoms with Gasteiger partial charge in [0.1, 0.15) is 23.2 Å². The zero-order valence-corrected chi connectivity index (χ0v) is 12.1. The number of carbonyl (C=O) groups excluding carboxylic acids is 1. The Morgan fingerprint density at radius 1 is 1.29 bits per heavy atom. The fraction of sp³-hybridized carbons (Fsp3) is 0.0667. The molecule has 0 unspecified atom stereocenters. The number of ketones is 1. The third-order valence-corrected chi connectivity index (χ3v) is 3.23. The second kappa shape index (κ2) is 6.57. The molecule has 2 aromatic carbocycles. The van der Waals surface area contributed by atoms with Crippen molar-refractivity contribution in [2.24, 2.45) is 0 Å². The summed E-state index contributed by atoms with van der Waals surface area (Å²) >= 11 is 11.7. The van der Waals surface area contributed by atoms with Crippen LogP contribution >= 0.6 is 23.2 Å². The van der Waals surface area contributed by atoms with E-state index in [1.165, 1.54) is 30.3 Å². The van der Waals surface area contributed by atoms with Gasteiger partial charge in [-0.1, -0.05) is 29.3 Å². The Hall–Kier alpha value is -2.09. The lowest BCUT2D eigenvalue weighted by Gasteiger charge is -2.08. The molecule has 2 aromatic rings. The quantitative estimate of drug-likeness (QED) is 0.789. The van der Waals surface area contributed by atoms with Crippen LogP contribution in [0.25, 0.3) is 0 Å². The molecular formula is C15H8Cl2FNO2. The van der Waals surface area contributed by atoms with Gasteiger partial charge in [0.2, 0.25) is 5.78 Å². The number of nitriles is 1. The summed E-state index contributed by atoms with van der Waals surface area (Å²) in [5.41, 5.74) is 0.00322. The van der Waals surface area contributed by atoms with Gasteiger partial charge in [-0.2, -0.15) is 5.26 Å². The van der Waals surface area contributed by atoms with Crippen molar-refractivity contribution in [2.45, 2.75) is 0 Å². The predicted molar refractivity (Wildman–Crippen MR) is 77.4 cm³/mol. The molecule has 0 spiro atoms. The van der Waals surface area contributed by atoms with E-state index in [2.05, 4.69) is 0 Å². The Kier molecular flexibility index (Phi) is 4.79. The van der Waals surface area contributed by atoms with Crippen LogP contribution in [0.3, 0.4) is 0 Å². The normalized spacial score (nSPS) is 10.0. The summed E-state index contributed by atoms with van der Waals surface area (Å²) < 4.78 is 18.6. The van der Waals surface area contributed by atoms with E-state index in [-0.39, 0.29) is 28.5 Å². The second-order valence-electron chi connectivity index (χ2n) is 4.06. The van der Waals surface area contributed by atoms with Crippen LogP contribution in [0.1, 0.15) is 15.9 Å². The van der Waals surface area contributed by atoms with Crippen LogP contribution in [-0.4, -0.2) is 12.4 Å². The third kappa shape index (κ3) is 3.52. The maximum absolute atomic E-state index is 13.4. The molecule has 106 valence electrons. The summed E-state index contributed by atoms with van der Waals surface area (Å²) in [4.78, 5) is 12.0. The topological polar surface area (TPSA) is 50.1 Å². The zero-order chi connectivity index (χ0) is 15.4. The molecule has 0 N–H and O–H groups in total. The molecule has 0 aliphatic heterocycles. The highest BCUT2D eigenvalue weighted by Gasteiger charge is 2.14. The number of Topliss-reactive ketones (excluding diaryl/α,β-unsaturated/α-hetero) is 1. The summed E-state index contributed by atoms with van der Waals surface area (Å²) in [6.07, 6.45) is 0. The molecular weight excluding hydrogens is 316 g/mol. The summed E-state index contributed by atoms with van der Waals surface area (Å²) in [6.45, 7) is -0.362. The van der Waals surface area contributed by atoms with E-state index in [4.69, 9.17) is 33.2 Å². The van der Waals surface area contributed by atoms with Gasteiger partial charge in [0.15, 0.2) is 6.61 Å².